The van der Waals surface area contributed by atoms with Gasteiger partial charge in [-0.2, -0.15) is 0 Å². The molecule has 19 heavy (non-hydrogen) atoms. The summed E-state index contributed by atoms with van der Waals surface area (Å²) < 4.78 is 0. The Bertz CT molecular complexity index is 779. The van der Waals surface area contributed by atoms with Crippen molar-refractivity contribution in [3.63, 3.8) is 0 Å². The molecule has 98 valence electrons. The van der Waals surface area contributed by atoms with Crippen LogP contribution in [0.15, 0.2) is 24.4 Å². The van der Waals surface area contributed by atoms with Crippen LogP contribution in [0.1, 0.15) is 22.4 Å². The molecule has 3 rings (SSSR count). The van der Waals surface area contributed by atoms with Crippen LogP contribution >= 0.6 is 0 Å². The van der Waals surface area contributed by atoms with Crippen molar-refractivity contribution >= 4 is 21.8 Å². The molecule has 0 saturated carbocycles. The number of aryl methyl sites for hydroxylation is 3. The smallest absolute Gasteiger partial charge is 0.0973 e. The van der Waals surface area contributed by atoms with Crippen molar-refractivity contribution in [1.82, 2.24) is 9.97 Å². The van der Waals surface area contributed by atoms with Gasteiger partial charge in [0.1, 0.15) is 0 Å². The minimum Gasteiger partial charge on any atom is -0.254 e. The molecule has 0 aliphatic rings. The fourth-order valence-corrected chi connectivity index (χ4v) is 2.64. The van der Waals surface area contributed by atoms with E-state index in [1.54, 1.807) is 0 Å². The van der Waals surface area contributed by atoms with Crippen LogP contribution in [-0.4, -0.2) is 9.97 Å². The van der Waals surface area contributed by atoms with Crippen LogP contribution in [0, 0.1) is 27.7 Å². The van der Waals surface area contributed by atoms with E-state index in [0.717, 1.165) is 22.1 Å². The van der Waals surface area contributed by atoms with Crippen molar-refractivity contribution in [2.24, 2.45) is 0 Å². The first kappa shape index (κ1) is 14.1. The van der Waals surface area contributed by atoms with Crippen molar-refractivity contribution in [2.45, 2.75) is 27.7 Å². The molecule has 0 aliphatic heterocycles. The van der Waals surface area contributed by atoms with Gasteiger partial charge in [0.25, 0.3) is 0 Å². The first-order chi connectivity index (χ1) is 8.59. The summed E-state index contributed by atoms with van der Waals surface area (Å²) in [5.41, 5.74) is 7.01. The van der Waals surface area contributed by atoms with Gasteiger partial charge in [0, 0.05) is 42.1 Å². The van der Waals surface area contributed by atoms with Crippen LogP contribution < -0.4 is 0 Å². The van der Waals surface area contributed by atoms with Gasteiger partial charge >= 0.3 is 0 Å². The molecule has 0 spiro atoms. The normalized spacial score (nSPS) is 10.7. The minimum atomic E-state index is 0. The third-order valence-corrected chi connectivity index (χ3v) is 3.83. The van der Waals surface area contributed by atoms with E-state index in [1.807, 2.05) is 12.3 Å². The van der Waals surface area contributed by atoms with Crippen LogP contribution in [-0.2, 0) is 19.5 Å². The zero-order valence-corrected chi connectivity index (χ0v) is 13.3. The molecular weight excluding hydrogens is 321 g/mol. The molecule has 2 aromatic heterocycles. The maximum absolute atomic E-state index is 4.76. The topological polar surface area (TPSA) is 25.8 Å². The number of nitrogens with zero attached hydrogens (tertiary/aromatic N) is 2. The van der Waals surface area contributed by atoms with E-state index >= 15 is 0 Å². The molecule has 0 amide bonds. The summed E-state index contributed by atoms with van der Waals surface area (Å²) in [5.74, 6) is 0. The number of rotatable bonds is 0. The van der Waals surface area contributed by atoms with Crippen molar-refractivity contribution in [2.75, 3.05) is 0 Å². The predicted octanol–water partition coefficient (Wildman–Crippen LogP) is 4.01. The molecule has 0 aliphatic carbocycles. The molecule has 0 bridgehead atoms. The maximum Gasteiger partial charge on any atom is 0.0973 e. The Balaban J connectivity index is 0.00000133. The second-order valence-electron chi connectivity index (χ2n) is 4.94. The molecule has 0 unspecified atom stereocenters. The minimum absolute atomic E-state index is 0. The maximum atomic E-state index is 4.76. The third-order valence-electron chi connectivity index (χ3n) is 3.83. The molecule has 2 nitrogen and oxygen atoms in total. The number of benzene rings is 1. The van der Waals surface area contributed by atoms with Gasteiger partial charge in [0.2, 0.25) is 0 Å². The average Bonchev–Trinajstić information content (AvgIpc) is 2.35. The van der Waals surface area contributed by atoms with Crippen molar-refractivity contribution in [3.8, 4) is 0 Å². The van der Waals surface area contributed by atoms with E-state index in [1.165, 1.54) is 22.1 Å². The van der Waals surface area contributed by atoms with E-state index in [4.69, 9.17) is 4.98 Å². The fourth-order valence-electron chi connectivity index (χ4n) is 2.64. The molecule has 1 aromatic carbocycles. The van der Waals surface area contributed by atoms with Gasteiger partial charge in [0.05, 0.1) is 11.0 Å². The van der Waals surface area contributed by atoms with E-state index < -0.39 is 0 Å². The molecule has 0 saturated heterocycles. The Morgan fingerprint density at radius 3 is 2.42 bits per heavy atom. The van der Waals surface area contributed by atoms with E-state index in [2.05, 4.69) is 44.8 Å². The Labute approximate surface area is 126 Å². The van der Waals surface area contributed by atoms with Crippen molar-refractivity contribution < 1.29 is 19.5 Å². The van der Waals surface area contributed by atoms with Crippen LogP contribution in [0.3, 0.4) is 0 Å². The first-order valence-corrected chi connectivity index (χ1v) is 6.21. The SMILES string of the molecule is Cc1nc2c(c(C)cc3cccnc32)c(C)c1C.[Ru]. The van der Waals surface area contributed by atoms with Crippen molar-refractivity contribution in [3.05, 3.63) is 46.8 Å². The van der Waals surface area contributed by atoms with Gasteiger partial charge in [-0.3, -0.25) is 9.97 Å². The molecule has 0 radical (unpaired) electrons. The summed E-state index contributed by atoms with van der Waals surface area (Å²) in [6, 6.07) is 6.27. The van der Waals surface area contributed by atoms with Gasteiger partial charge in [-0.25, -0.2) is 0 Å². The number of hydrogen-bond donors (Lipinski definition) is 0. The Morgan fingerprint density at radius 1 is 0.947 bits per heavy atom. The monoisotopic (exact) mass is 338 g/mol. The van der Waals surface area contributed by atoms with E-state index in [9.17, 15) is 0 Å². The zero-order valence-electron chi connectivity index (χ0n) is 11.6. The molecule has 3 heteroatoms. The molecule has 2 heterocycles. The van der Waals surface area contributed by atoms with Crippen LogP contribution in [0.2, 0.25) is 0 Å². The Kier molecular flexibility index (Phi) is 3.69. The summed E-state index contributed by atoms with van der Waals surface area (Å²) in [4.78, 5) is 9.26. The van der Waals surface area contributed by atoms with Gasteiger partial charge in [-0.15, -0.1) is 0 Å². The van der Waals surface area contributed by atoms with Gasteiger partial charge in [0.15, 0.2) is 0 Å². The molecule has 0 atom stereocenters. The quantitative estimate of drug-likeness (QED) is 0.457. The Hall–Kier alpha value is -1.34. The summed E-state index contributed by atoms with van der Waals surface area (Å²) in [6.07, 6.45) is 1.84. The van der Waals surface area contributed by atoms with Crippen LogP contribution in [0.4, 0.5) is 0 Å². The van der Waals surface area contributed by atoms with Crippen molar-refractivity contribution in [1.29, 1.82) is 0 Å². The number of fused-ring (bicyclic) bond motifs is 3. The summed E-state index contributed by atoms with van der Waals surface area (Å²) >= 11 is 0. The molecule has 0 N–H and O–H groups in total. The number of pyridine rings is 2. The van der Waals surface area contributed by atoms with E-state index in [0.29, 0.717) is 0 Å². The van der Waals surface area contributed by atoms with Crippen LogP contribution in [0.25, 0.3) is 21.8 Å². The summed E-state index contributed by atoms with van der Waals surface area (Å²) in [7, 11) is 0. The molecule has 0 fully saturated rings. The second-order valence-corrected chi connectivity index (χ2v) is 4.94. The van der Waals surface area contributed by atoms with Gasteiger partial charge in [-0.1, -0.05) is 6.07 Å². The molecule has 3 aromatic rings. The molecular formula is C16H16N2Ru. The number of aromatic nitrogens is 2. The van der Waals surface area contributed by atoms with Gasteiger partial charge in [-0.05, 0) is 56.5 Å². The predicted molar refractivity (Wildman–Crippen MR) is 76.0 cm³/mol. The standard InChI is InChI=1S/C16H16N2.Ru/c1-9-8-13-6-5-7-17-15(13)16-14(9)11(3)10(2)12(4)18-16;/h5-8H,1-4H3;. The first-order valence-electron chi connectivity index (χ1n) is 6.21. The summed E-state index contributed by atoms with van der Waals surface area (Å²) in [5, 5.41) is 2.42. The Morgan fingerprint density at radius 2 is 1.68 bits per heavy atom. The fraction of sp³-hybridized carbons (Fsp3) is 0.250. The second kappa shape index (κ2) is 4.98. The average molecular weight is 337 g/mol. The van der Waals surface area contributed by atoms with E-state index in [-0.39, 0.29) is 19.5 Å². The third kappa shape index (κ3) is 2.06. The zero-order chi connectivity index (χ0) is 12.9. The summed E-state index contributed by atoms with van der Waals surface area (Å²) in [6.45, 7) is 8.53. The number of hydrogen-bond acceptors (Lipinski definition) is 2. The van der Waals surface area contributed by atoms with Gasteiger partial charge < -0.3 is 0 Å². The van der Waals surface area contributed by atoms with Crippen LogP contribution in [0.5, 0.6) is 0 Å². The largest absolute Gasteiger partial charge is 0.254 e.